The van der Waals surface area contributed by atoms with Crippen molar-refractivity contribution in [2.24, 2.45) is 5.92 Å². The van der Waals surface area contributed by atoms with E-state index in [2.05, 4.69) is 9.97 Å². The normalized spacial score (nSPS) is 21.3. The number of alkyl halides is 2. The Morgan fingerprint density at radius 2 is 2.27 bits per heavy atom. The molecule has 0 aromatic carbocycles. The molecule has 2 rings (SSSR count). The number of hydrogen-bond acceptors (Lipinski definition) is 3. The van der Waals surface area contributed by atoms with E-state index in [1.165, 1.54) is 11.2 Å². The van der Waals surface area contributed by atoms with Gasteiger partial charge < -0.3 is 4.90 Å². The number of nitrogens with zero attached hydrogens (tertiary/aromatic N) is 3. The summed E-state index contributed by atoms with van der Waals surface area (Å²) in [6.07, 6.45) is 0.285. The summed E-state index contributed by atoms with van der Waals surface area (Å²) in [7, 11) is 0. The average Bonchev–Trinajstić information content (AvgIpc) is 2.67. The van der Waals surface area contributed by atoms with E-state index in [4.69, 9.17) is 0 Å². The van der Waals surface area contributed by atoms with Crippen molar-refractivity contribution in [3.8, 4) is 0 Å². The average molecular weight is 217 g/mol. The largest absolute Gasteiger partial charge is 0.354 e. The second-order valence-electron chi connectivity index (χ2n) is 3.52. The SMILES string of the molecule is Fc1cncnc1N1CCC(C(F)F)C1. The molecule has 0 spiro atoms. The first-order chi connectivity index (χ1) is 7.18. The number of anilines is 1. The van der Waals surface area contributed by atoms with Crippen molar-refractivity contribution < 1.29 is 13.2 Å². The molecule has 1 aliphatic heterocycles. The number of rotatable bonds is 2. The van der Waals surface area contributed by atoms with Crippen LogP contribution in [0.1, 0.15) is 6.42 Å². The van der Waals surface area contributed by atoms with Gasteiger partial charge in [0.15, 0.2) is 11.6 Å². The standard InChI is InChI=1S/C9H10F3N3/c10-7-3-13-5-14-9(7)15-2-1-6(4-15)8(11)12/h3,5-6,8H,1-2,4H2. The lowest BCUT2D eigenvalue weighted by Crippen LogP contribution is -2.23. The van der Waals surface area contributed by atoms with Crippen molar-refractivity contribution in [1.29, 1.82) is 0 Å². The molecule has 1 aromatic heterocycles. The maximum Gasteiger partial charge on any atom is 0.243 e. The Kier molecular flexibility index (Phi) is 2.75. The molecule has 2 heterocycles. The molecule has 15 heavy (non-hydrogen) atoms. The molecule has 6 heteroatoms. The highest BCUT2D eigenvalue weighted by atomic mass is 19.3. The molecule has 1 aliphatic rings. The smallest absolute Gasteiger partial charge is 0.243 e. The van der Waals surface area contributed by atoms with Crippen LogP contribution in [-0.2, 0) is 0 Å². The summed E-state index contributed by atoms with van der Waals surface area (Å²) in [5.41, 5.74) is 0. The molecule has 0 amide bonds. The minimum absolute atomic E-state index is 0.119. The summed E-state index contributed by atoms with van der Waals surface area (Å²) >= 11 is 0. The van der Waals surface area contributed by atoms with Gasteiger partial charge in [-0.15, -0.1) is 0 Å². The van der Waals surface area contributed by atoms with Gasteiger partial charge in [0.1, 0.15) is 6.33 Å². The van der Waals surface area contributed by atoms with Crippen LogP contribution in [0.3, 0.4) is 0 Å². The fourth-order valence-corrected chi connectivity index (χ4v) is 1.72. The Morgan fingerprint density at radius 1 is 1.47 bits per heavy atom. The number of hydrogen-bond donors (Lipinski definition) is 0. The number of halogens is 3. The van der Waals surface area contributed by atoms with Crippen LogP contribution in [0.25, 0.3) is 0 Å². The third-order valence-electron chi connectivity index (χ3n) is 2.53. The topological polar surface area (TPSA) is 29.0 Å². The van der Waals surface area contributed by atoms with Crippen molar-refractivity contribution in [3.63, 3.8) is 0 Å². The van der Waals surface area contributed by atoms with Crippen LogP contribution in [-0.4, -0.2) is 29.5 Å². The van der Waals surface area contributed by atoms with E-state index < -0.39 is 18.2 Å². The second kappa shape index (κ2) is 4.04. The summed E-state index contributed by atoms with van der Waals surface area (Å²) in [5, 5.41) is 0. The van der Waals surface area contributed by atoms with Gasteiger partial charge in [0.25, 0.3) is 0 Å². The molecule has 1 saturated heterocycles. The minimum atomic E-state index is -2.35. The molecular formula is C9H10F3N3. The predicted molar refractivity (Wildman–Crippen MR) is 48.3 cm³/mol. The van der Waals surface area contributed by atoms with E-state index in [0.717, 1.165) is 6.20 Å². The van der Waals surface area contributed by atoms with Crippen LogP contribution < -0.4 is 4.90 Å². The van der Waals surface area contributed by atoms with Gasteiger partial charge in [0.2, 0.25) is 6.43 Å². The van der Waals surface area contributed by atoms with Crippen LogP contribution in [0.2, 0.25) is 0 Å². The summed E-state index contributed by atoms with van der Waals surface area (Å²) < 4.78 is 38.0. The minimum Gasteiger partial charge on any atom is -0.354 e. The Morgan fingerprint density at radius 3 is 2.87 bits per heavy atom. The molecule has 0 N–H and O–H groups in total. The van der Waals surface area contributed by atoms with Crippen LogP contribution >= 0.6 is 0 Å². The van der Waals surface area contributed by atoms with Crippen LogP contribution in [0.15, 0.2) is 12.5 Å². The molecule has 82 valence electrons. The highest BCUT2D eigenvalue weighted by Crippen LogP contribution is 2.27. The summed E-state index contributed by atoms with van der Waals surface area (Å²) in [4.78, 5) is 8.79. The van der Waals surface area contributed by atoms with Crippen molar-refractivity contribution >= 4 is 5.82 Å². The van der Waals surface area contributed by atoms with E-state index in [9.17, 15) is 13.2 Å². The molecular weight excluding hydrogens is 207 g/mol. The molecule has 1 fully saturated rings. The third-order valence-corrected chi connectivity index (χ3v) is 2.53. The highest BCUT2D eigenvalue weighted by molar-refractivity contribution is 5.39. The van der Waals surface area contributed by atoms with Gasteiger partial charge in [-0.05, 0) is 6.42 Å². The van der Waals surface area contributed by atoms with Crippen LogP contribution in [0.5, 0.6) is 0 Å². The lowest BCUT2D eigenvalue weighted by Gasteiger charge is -2.17. The molecule has 0 saturated carbocycles. The summed E-state index contributed by atoms with van der Waals surface area (Å²) in [5.74, 6) is -1.13. The fourth-order valence-electron chi connectivity index (χ4n) is 1.72. The quantitative estimate of drug-likeness (QED) is 0.755. The Bertz CT molecular complexity index is 345. The van der Waals surface area contributed by atoms with Gasteiger partial charge in [0, 0.05) is 19.0 Å². The van der Waals surface area contributed by atoms with E-state index in [1.807, 2.05) is 0 Å². The molecule has 0 aliphatic carbocycles. The zero-order valence-corrected chi connectivity index (χ0v) is 7.91. The van der Waals surface area contributed by atoms with Crippen molar-refractivity contribution in [2.75, 3.05) is 18.0 Å². The molecule has 1 unspecified atom stereocenters. The lowest BCUT2D eigenvalue weighted by atomic mass is 10.1. The molecule has 1 aromatic rings. The van der Waals surface area contributed by atoms with Crippen molar-refractivity contribution in [3.05, 3.63) is 18.3 Å². The van der Waals surface area contributed by atoms with E-state index in [-0.39, 0.29) is 12.4 Å². The van der Waals surface area contributed by atoms with Crippen LogP contribution in [0.4, 0.5) is 19.0 Å². The third kappa shape index (κ3) is 2.03. The predicted octanol–water partition coefficient (Wildman–Crippen LogP) is 1.71. The first-order valence-corrected chi connectivity index (χ1v) is 4.67. The molecule has 1 atom stereocenters. The van der Waals surface area contributed by atoms with Gasteiger partial charge in [-0.3, -0.25) is 0 Å². The summed E-state index contributed by atoms with van der Waals surface area (Å²) in [6.45, 7) is 0.578. The molecule has 0 bridgehead atoms. The molecule has 3 nitrogen and oxygen atoms in total. The zero-order valence-electron chi connectivity index (χ0n) is 7.91. The second-order valence-corrected chi connectivity index (χ2v) is 3.52. The molecule has 0 radical (unpaired) electrons. The maximum absolute atomic E-state index is 13.2. The van der Waals surface area contributed by atoms with Gasteiger partial charge >= 0.3 is 0 Å². The highest BCUT2D eigenvalue weighted by Gasteiger charge is 2.31. The van der Waals surface area contributed by atoms with Crippen LogP contribution in [0, 0.1) is 11.7 Å². The van der Waals surface area contributed by atoms with Gasteiger partial charge in [-0.1, -0.05) is 0 Å². The lowest BCUT2D eigenvalue weighted by molar-refractivity contribution is 0.0879. The Hall–Kier alpha value is -1.33. The van der Waals surface area contributed by atoms with Gasteiger partial charge in [-0.25, -0.2) is 23.1 Å². The van der Waals surface area contributed by atoms with Crippen molar-refractivity contribution in [2.45, 2.75) is 12.8 Å². The van der Waals surface area contributed by atoms with E-state index in [0.29, 0.717) is 13.0 Å². The van der Waals surface area contributed by atoms with Gasteiger partial charge in [-0.2, -0.15) is 0 Å². The van der Waals surface area contributed by atoms with E-state index in [1.54, 1.807) is 0 Å². The first kappa shape index (κ1) is 10.2. The summed E-state index contributed by atoms with van der Waals surface area (Å²) in [6, 6.07) is 0. The first-order valence-electron chi connectivity index (χ1n) is 4.67. The number of aromatic nitrogens is 2. The fraction of sp³-hybridized carbons (Fsp3) is 0.556. The van der Waals surface area contributed by atoms with E-state index >= 15 is 0 Å². The zero-order chi connectivity index (χ0) is 10.8. The van der Waals surface area contributed by atoms with Crippen molar-refractivity contribution in [1.82, 2.24) is 9.97 Å². The Balaban J connectivity index is 2.11. The van der Waals surface area contributed by atoms with Gasteiger partial charge in [0.05, 0.1) is 6.20 Å². The Labute approximate surface area is 84.9 Å². The maximum atomic E-state index is 13.2. The monoisotopic (exact) mass is 217 g/mol.